The summed E-state index contributed by atoms with van der Waals surface area (Å²) in [6.45, 7) is 6.04. The van der Waals surface area contributed by atoms with Crippen molar-refractivity contribution < 1.29 is 13.2 Å². The van der Waals surface area contributed by atoms with Gasteiger partial charge in [-0.05, 0) is 116 Å². The molecule has 0 saturated heterocycles. The van der Waals surface area contributed by atoms with E-state index in [9.17, 15) is 13.2 Å². The lowest BCUT2D eigenvalue weighted by Crippen LogP contribution is -2.50. The van der Waals surface area contributed by atoms with Crippen LogP contribution in [-0.2, 0) is 53.5 Å². The Hall–Kier alpha value is -3.16. The molecule has 3 aromatic carbocycles. The summed E-state index contributed by atoms with van der Waals surface area (Å²) in [4.78, 5) is 16.5. The van der Waals surface area contributed by atoms with Gasteiger partial charge in [-0.25, -0.2) is 8.42 Å². The number of benzene rings is 3. The first-order valence-electron chi connectivity index (χ1n) is 14.3. The molecule has 0 spiro atoms. The molecule has 1 atom stereocenters. The van der Waals surface area contributed by atoms with Crippen LogP contribution in [0.25, 0.3) is 0 Å². The van der Waals surface area contributed by atoms with E-state index in [-0.39, 0.29) is 17.3 Å². The van der Waals surface area contributed by atoms with Gasteiger partial charge in [-0.15, -0.1) is 0 Å². The number of amides is 1. The lowest BCUT2D eigenvalue weighted by molar-refractivity contribution is -0.120. The fraction of sp³-hybridized carbons (Fsp3) is 0.406. The molecule has 3 aliphatic rings. The van der Waals surface area contributed by atoms with Gasteiger partial charge in [0.1, 0.15) is 6.04 Å². The molecule has 0 aromatic heterocycles. The highest BCUT2D eigenvalue weighted by Gasteiger charge is 2.40. The van der Waals surface area contributed by atoms with Crippen LogP contribution in [-0.4, -0.2) is 37.8 Å². The van der Waals surface area contributed by atoms with Crippen LogP contribution >= 0.6 is 0 Å². The summed E-state index contributed by atoms with van der Waals surface area (Å²) in [6.07, 6.45) is 6.58. The topological polar surface area (TPSA) is 69.7 Å². The van der Waals surface area contributed by atoms with Crippen molar-refractivity contribution in [1.82, 2.24) is 4.31 Å². The van der Waals surface area contributed by atoms with E-state index in [1.807, 2.05) is 36.4 Å². The highest BCUT2D eigenvalue weighted by atomic mass is 32.2. The van der Waals surface area contributed by atoms with Crippen molar-refractivity contribution in [2.75, 3.05) is 23.3 Å². The molecular formula is C32H37N3O3S. The van der Waals surface area contributed by atoms with Gasteiger partial charge in [0.2, 0.25) is 15.9 Å². The number of anilines is 2. The Morgan fingerprint density at radius 1 is 0.872 bits per heavy atom. The number of carbonyl (C=O) groups excluding carboxylic acids is 1. The van der Waals surface area contributed by atoms with Crippen molar-refractivity contribution in [2.24, 2.45) is 0 Å². The van der Waals surface area contributed by atoms with E-state index in [1.54, 1.807) is 12.1 Å². The number of sulfonamides is 1. The summed E-state index contributed by atoms with van der Waals surface area (Å²) in [5, 5.41) is 3.28. The number of hydrogen-bond donors (Lipinski definition) is 1. The summed E-state index contributed by atoms with van der Waals surface area (Å²) in [5.41, 5.74) is 9.13. The average molecular weight is 544 g/mol. The van der Waals surface area contributed by atoms with Crippen molar-refractivity contribution in [2.45, 2.75) is 76.3 Å². The van der Waals surface area contributed by atoms with Crippen LogP contribution in [0.15, 0.2) is 59.5 Å². The summed E-state index contributed by atoms with van der Waals surface area (Å²) in [5.74, 6) is -0.234. The molecule has 7 heteroatoms. The molecule has 1 amide bonds. The molecule has 204 valence electrons. The lowest BCUT2D eigenvalue weighted by atomic mass is 9.94. The predicted octanol–water partition coefficient (Wildman–Crippen LogP) is 5.26. The normalized spacial score (nSPS) is 18.4. The maximum atomic E-state index is 14.1. The van der Waals surface area contributed by atoms with Gasteiger partial charge in [-0.2, -0.15) is 4.31 Å². The third kappa shape index (κ3) is 4.66. The van der Waals surface area contributed by atoms with Gasteiger partial charge < -0.3 is 10.2 Å². The molecule has 39 heavy (non-hydrogen) atoms. The fourth-order valence-electron chi connectivity index (χ4n) is 6.70. The van der Waals surface area contributed by atoms with E-state index in [0.29, 0.717) is 6.42 Å². The molecular weight excluding hydrogens is 506 g/mol. The van der Waals surface area contributed by atoms with Gasteiger partial charge in [0.25, 0.3) is 0 Å². The van der Waals surface area contributed by atoms with Crippen molar-refractivity contribution in [3.05, 3.63) is 88.0 Å². The Bertz CT molecular complexity index is 1480. The minimum Gasteiger partial charge on any atom is -0.372 e. The first-order chi connectivity index (χ1) is 18.9. The summed E-state index contributed by atoms with van der Waals surface area (Å²) >= 11 is 0. The molecule has 0 saturated carbocycles. The first-order valence-corrected chi connectivity index (χ1v) is 15.8. The van der Waals surface area contributed by atoms with E-state index in [2.05, 4.69) is 30.1 Å². The molecule has 0 radical (unpaired) electrons. The SMILES string of the molecule is CCN(CC)c1ccc(S(=O)(=O)N2Cc3ccccc3C[C@H]2C(=O)Nc2c3c(cc4c2CCC4)CCC3)cc1. The first kappa shape index (κ1) is 26.1. The molecule has 6 nitrogen and oxygen atoms in total. The van der Waals surface area contributed by atoms with Crippen molar-refractivity contribution in [1.29, 1.82) is 0 Å². The number of nitrogens with one attached hydrogen (secondary N) is 1. The van der Waals surface area contributed by atoms with Gasteiger partial charge in [0.05, 0.1) is 4.90 Å². The van der Waals surface area contributed by atoms with Gasteiger partial charge in [0.15, 0.2) is 0 Å². The fourth-order valence-corrected chi connectivity index (χ4v) is 8.27. The molecule has 1 N–H and O–H groups in total. The molecule has 0 fully saturated rings. The van der Waals surface area contributed by atoms with Crippen LogP contribution in [0.4, 0.5) is 11.4 Å². The number of fused-ring (bicyclic) bond motifs is 3. The van der Waals surface area contributed by atoms with Crippen molar-refractivity contribution in [3.8, 4) is 0 Å². The second-order valence-electron chi connectivity index (χ2n) is 10.9. The maximum absolute atomic E-state index is 14.1. The van der Waals surface area contributed by atoms with Crippen molar-refractivity contribution >= 4 is 27.3 Å². The second-order valence-corrected chi connectivity index (χ2v) is 12.8. The van der Waals surface area contributed by atoms with E-state index >= 15 is 0 Å². The molecule has 3 aromatic rings. The Balaban J connectivity index is 1.36. The number of aryl methyl sites for hydroxylation is 2. The number of hydrogen-bond acceptors (Lipinski definition) is 4. The molecule has 1 heterocycles. The Morgan fingerprint density at radius 3 is 2.10 bits per heavy atom. The van der Waals surface area contributed by atoms with Crippen LogP contribution in [0.1, 0.15) is 60.1 Å². The minimum atomic E-state index is -3.92. The molecule has 0 bridgehead atoms. The van der Waals surface area contributed by atoms with Crippen LogP contribution < -0.4 is 10.2 Å². The average Bonchev–Trinajstić information content (AvgIpc) is 3.63. The molecule has 1 aliphatic heterocycles. The second kappa shape index (κ2) is 10.4. The highest BCUT2D eigenvalue weighted by Crippen LogP contribution is 2.39. The quantitative estimate of drug-likeness (QED) is 0.441. The number of carbonyl (C=O) groups is 1. The Morgan fingerprint density at radius 2 is 1.49 bits per heavy atom. The lowest BCUT2D eigenvalue weighted by Gasteiger charge is -2.35. The maximum Gasteiger partial charge on any atom is 0.244 e. The van der Waals surface area contributed by atoms with E-state index in [1.165, 1.54) is 26.6 Å². The van der Waals surface area contributed by atoms with Gasteiger partial charge >= 0.3 is 0 Å². The minimum absolute atomic E-state index is 0.180. The smallest absolute Gasteiger partial charge is 0.244 e. The molecule has 2 aliphatic carbocycles. The summed E-state index contributed by atoms with van der Waals surface area (Å²) < 4.78 is 29.6. The standard InChI is InChI=1S/C32H37N3O3S/c1-3-34(4-2)26-15-17-27(18-16-26)39(37,38)35-21-25-10-6-5-9-22(25)20-30(35)32(36)33-31-28-13-7-11-23(28)19-24-12-8-14-29(24)31/h5-6,9-10,15-19,30H,3-4,7-8,11-14,20-21H2,1-2H3,(H,33,36)/t30-/m0/s1. The van der Waals surface area contributed by atoms with E-state index in [4.69, 9.17) is 0 Å². The Kier molecular flexibility index (Phi) is 6.98. The largest absolute Gasteiger partial charge is 0.372 e. The van der Waals surface area contributed by atoms with Crippen molar-refractivity contribution in [3.63, 3.8) is 0 Å². The van der Waals surface area contributed by atoms with Crippen LogP contribution in [0.5, 0.6) is 0 Å². The third-order valence-electron chi connectivity index (χ3n) is 8.80. The zero-order valence-corrected chi connectivity index (χ0v) is 23.7. The van der Waals surface area contributed by atoms with Crippen LogP contribution in [0.3, 0.4) is 0 Å². The summed E-state index contributed by atoms with van der Waals surface area (Å²) in [7, 11) is -3.92. The van der Waals surface area contributed by atoms with Gasteiger partial charge in [-0.3, -0.25) is 4.79 Å². The third-order valence-corrected chi connectivity index (χ3v) is 10.7. The van der Waals surface area contributed by atoms with Gasteiger partial charge in [0, 0.05) is 31.0 Å². The predicted molar refractivity (Wildman–Crippen MR) is 156 cm³/mol. The van der Waals surface area contributed by atoms with E-state index in [0.717, 1.165) is 74.1 Å². The zero-order valence-electron chi connectivity index (χ0n) is 22.9. The van der Waals surface area contributed by atoms with Crippen LogP contribution in [0.2, 0.25) is 0 Å². The number of rotatable bonds is 7. The zero-order chi connectivity index (χ0) is 27.1. The molecule has 6 rings (SSSR count). The molecule has 0 unspecified atom stereocenters. The highest BCUT2D eigenvalue weighted by molar-refractivity contribution is 7.89. The monoisotopic (exact) mass is 543 g/mol. The van der Waals surface area contributed by atoms with Gasteiger partial charge in [-0.1, -0.05) is 30.3 Å². The number of nitrogens with zero attached hydrogens (tertiary/aromatic N) is 2. The van der Waals surface area contributed by atoms with E-state index < -0.39 is 16.1 Å². The van der Waals surface area contributed by atoms with Crippen LogP contribution in [0, 0.1) is 0 Å². The summed E-state index contributed by atoms with van der Waals surface area (Å²) in [6, 6.07) is 16.5. The Labute approximate surface area is 232 Å².